The van der Waals surface area contributed by atoms with Crippen molar-refractivity contribution in [2.75, 3.05) is 0 Å². The third-order valence-electron chi connectivity index (χ3n) is 5.93. The highest BCUT2D eigenvalue weighted by Gasteiger charge is 2.20. The van der Waals surface area contributed by atoms with E-state index in [1.54, 1.807) is 42.5 Å². The van der Waals surface area contributed by atoms with E-state index in [0.717, 1.165) is 10.9 Å². The Morgan fingerprint density at radius 2 is 2.03 bits per heavy atom. The second-order valence-electron chi connectivity index (χ2n) is 8.31. The van der Waals surface area contributed by atoms with Gasteiger partial charge in [0, 0.05) is 27.6 Å². The van der Waals surface area contributed by atoms with Crippen molar-refractivity contribution in [1.82, 2.24) is 9.66 Å². The van der Waals surface area contributed by atoms with Crippen LogP contribution in [0.1, 0.15) is 48.7 Å². The number of benzene rings is 3. The first-order chi connectivity index (χ1) is 17.8. The number of hydrogen-bond acceptors (Lipinski definition) is 7. The van der Waals surface area contributed by atoms with Crippen LogP contribution in [0.4, 0.5) is 5.69 Å². The van der Waals surface area contributed by atoms with Crippen molar-refractivity contribution >= 4 is 38.7 Å². The molecule has 0 bridgehead atoms. The summed E-state index contributed by atoms with van der Waals surface area (Å²) in [5, 5.41) is 25.9. The molecule has 4 rings (SSSR count). The van der Waals surface area contributed by atoms with E-state index in [4.69, 9.17) is 4.74 Å². The van der Waals surface area contributed by atoms with Crippen LogP contribution in [0.15, 0.2) is 75.0 Å². The molecule has 4 aromatic rings. The number of nitriles is 1. The van der Waals surface area contributed by atoms with Crippen LogP contribution in [-0.2, 0) is 6.61 Å². The quantitative estimate of drug-likeness (QED) is 0.150. The Hall–Kier alpha value is -4.36. The number of nitro groups is 1. The Morgan fingerprint density at radius 3 is 2.76 bits per heavy atom. The summed E-state index contributed by atoms with van der Waals surface area (Å²) in [5.74, 6) is 0.397. The zero-order valence-electron chi connectivity index (χ0n) is 20.1. The maximum atomic E-state index is 13.4. The van der Waals surface area contributed by atoms with Crippen molar-refractivity contribution in [2.24, 2.45) is 5.10 Å². The van der Waals surface area contributed by atoms with Gasteiger partial charge in [0.25, 0.3) is 5.56 Å². The van der Waals surface area contributed by atoms with Gasteiger partial charge in [0.15, 0.2) is 0 Å². The number of fused-ring (bicyclic) bond motifs is 1. The molecule has 9 nitrogen and oxygen atoms in total. The predicted molar refractivity (Wildman–Crippen MR) is 144 cm³/mol. The van der Waals surface area contributed by atoms with Gasteiger partial charge in [0.05, 0.1) is 33.7 Å². The first-order valence-corrected chi connectivity index (χ1v) is 12.3. The molecule has 0 saturated heterocycles. The lowest BCUT2D eigenvalue weighted by atomic mass is 10.1. The van der Waals surface area contributed by atoms with Crippen LogP contribution in [-0.4, -0.2) is 20.8 Å². The van der Waals surface area contributed by atoms with Crippen LogP contribution in [0, 0.1) is 21.4 Å². The average Bonchev–Trinajstić information content (AvgIpc) is 2.91. The van der Waals surface area contributed by atoms with Crippen molar-refractivity contribution in [2.45, 2.75) is 32.8 Å². The molecule has 0 saturated carbocycles. The lowest BCUT2D eigenvalue weighted by Gasteiger charge is -2.14. The molecule has 1 atom stereocenters. The number of nitro benzene ring substituents is 1. The summed E-state index contributed by atoms with van der Waals surface area (Å²) in [6, 6.07) is 18.7. The van der Waals surface area contributed by atoms with E-state index in [9.17, 15) is 20.2 Å². The molecule has 0 spiro atoms. The Balaban J connectivity index is 1.81. The van der Waals surface area contributed by atoms with Gasteiger partial charge in [-0.25, -0.2) is 4.98 Å². The second-order valence-corrected chi connectivity index (χ2v) is 9.23. The molecule has 186 valence electrons. The third kappa shape index (κ3) is 5.42. The zero-order valence-corrected chi connectivity index (χ0v) is 21.7. The summed E-state index contributed by atoms with van der Waals surface area (Å²) < 4.78 is 7.84. The summed E-state index contributed by atoms with van der Waals surface area (Å²) >= 11 is 3.39. The average molecular weight is 560 g/mol. The Morgan fingerprint density at radius 1 is 1.24 bits per heavy atom. The van der Waals surface area contributed by atoms with Gasteiger partial charge in [0.1, 0.15) is 12.4 Å². The number of nitrogens with zero attached hydrogens (tertiary/aromatic N) is 5. The first-order valence-electron chi connectivity index (χ1n) is 11.5. The van der Waals surface area contributed by atoms with E-state index in [1.807, 2.05) is 19.9 Å². The van der Waals surface area contributed by atoms with E-state index < -0.39 is 4.92 Å². The molecule has 0 aliphatic heterocycles. The molecule has 37 heavy (non-hydrogen) atoms. The molecular weight excluding hydrogens is 538 g/mol. The summed E-state index contributed by atoms with van der Waals surface area (Å²) in [6.45, 7) is 3.88. The minimum atomic E-state index is -0.547. The number of halogens is 1. The van der Waals surface area contributed by atoms with Crippen LogP contribution >= 0.6 is 15.9 Å². The molecular formula is C27H22BrN5O4. The molecule has 0 amide bonds. The molecule has 3 aromatic carbocycles. The van der Waals surface area contributed by atoms with Gasteiger partial charge in [-0.3, -0.25) is 14.9 Å². The fraction of sp³-hybridized carbons (Fsp3) is 0.185. The van der Waals surface area contributed by atoms with Crippen LogP contribution in [0.25, 0.3) is 10.9 Å². The van der Waals surface area contributed by atoms with Gasteiger partial charge in [-0.2, -0.15) is 15.0 Å². The Kier molecular flexibility index (Phi) is 7.74. The van der Waals surface area contributed by atoms with Crippen LogP contribution in [0.3, 0.4) is 0 Å². The molecule has 0 N–H and O–H groups in total. The third-order valence-corrected chi connectivity index (χ3v) is 6.42. The van der Waals surface area contributed by atoms with Gasteiger partial charge in [-0.1, -0.05) is 54.0 Å². The second kappa shape index (κ2) is 11.1. The molecule has 0 aliphatic rings. The number of para-hydroxylation sites is 1. The molecule has 0 radical (unpaired) electrons. The summed E-state index contributed by atoms with van der Waals surface area (Å²) in [6.07, 6.45) is 2.09. The predicted octanol–water partition coefficient (Wildman–Crippen LogP) is 5.91. The van der Waals surface area contributed by atoms with Crippen molar-refractivity contribution in [3.05, 3.63) is 108 Å². The summed E-state index contributed by atoms with van der Waals surface area (Å²) in [4.78, 5) is 29.3. The van der Waals surface area contributed by atoms with Gasteiger partial charge in [-0.05, 0) is 36.8 Å². The largest absolute Gasteiger partial charge is 0.481 e. The molecule has 0 aliphatic carbocycles. The summed E-state index contributed by atoms with van der Waals surface area (Å²) in [5.41, 5.74) is 1.26. The Bertz CT molecular complexity index is 1620. The van der Waals surface area contributed by atoms with E-state index >= 15 is 0 Å². The SMILES string of the molecule is CC[C@H](C)c1nc2ccc(Br)cc2c(=O)n1N=Cc1cccc([N+](=O)[O-])c1OCc1ccccc1C#N. The minimum absolute atomic E-state index is 0.0152. The number of hydrogen-bond donors (Lipinski definition) is 0. The standard InChI is InChI=1S/C27H22BrN5O4/c1-3-17(2)26-31-23-12-11-21(28)13-22(23)27(34)32(26)30-15-19-9-6-10-24(33(35)36)25(19)37-16-20-8-5-4-7-18(20)14-29/h4-13,15,17H,3,16H2,1-2H3/t17-/m0/s1. The van der Waals surface area contributed by atoms with Crippen molar-refractivity contribution in [1.29, 1.82) is 5.26 Å². The molecule has 0 unspecified atom stereocenters. The smallest absolute Gasteiger partial charge is 0.311 e. The molecule has 0 fully saturated rings. The minimum Gasteiger partial charge on any atom is -0.481 e. The van der Waals surface area contributed by atoms with E-state index in [2.05, 4.69) is 32.1 Å². The van der Waals surface area contributed by atoms with Crippen molar-refractivity contribution < 1.29 is 9.66 Å². The lowest BCUT2D eigenvalue weighted by Crippen LogP contribution is -2.23. The fourth-order valence-electron chi connectivity index (χ4n) is 3.75. The molecule has 10 heteroatoms. The number of rotatable bonds is 8. The van der Waals surface area contributed by atoms with Gasteiger partial charge in [0.2, 0.25) is 5.75 Å². The highest BCUT2D eigenvalue weighted by molar-refractivity contribution is 9.10. The molecule has 1 heterocycles. The fourth-order valence-corrected chi connectivity index (χ4v) is 4.11. The van der Waals surface area contributed by atoms with Crippen LogP contribution in [0.2, 0.25) is 0 Å². The lowest BCUT2D eigenvalue weighted by molar-refractivity contribution is -0.385. The molecule has 1 aromatic heterocycles. The van der Waals surface area contributed by atoms with Crippen molar-refractivity contribution in [3.8, 4) is 11.8 Å². The van der Waals surface area contributed by atoms with Crippen LogP contribution in [0.5, 0.6) is 5.75 Å². The highest BCUT2D eigenvalue weighted by atomic mass is 79.9. The van der Waals surface area contributed by atoms with Crippen molar-refractivity contribution in [3.63, 3.8) is 0 Å². The number of ether oxygens (including phenoxy) is 1. The van der Waals surface area contributed by atoms with Gasteiger partial charge in [-0.15, -0.1) is 0 Å². The van der Waals surface area contributed by atoms with E-state index in [0.29, 0.717) is 33.4 Å². The normalized spacial score (nSPS) is 11.9. The maximum absolute atomic E-state index is 13.4. The maximum Gasteiger partial charge on any atom is 0.311 e. The Labute approximate surface area is 220 Å². The number of aromatic nitrogens is 2. The summed E-state index contributed by atoms with van der Waals surface area (Å²) in [7, 11) is 0. The topological polar surface area (TPSA) is 123 Å². The zero-order chi connectivity index (χ0) is 26.5. The first kappa shape index (κ1) is 25.7. The highest BCUT2D eigenvalue weighted by Crippen LogP contribution is 2.31. The van der Waals surface area contributed by atoms with Gasteiger partial charge >= 0.3 is 5.69 Å². The van der Waals surface area contributed by atoms with E-state index in [-0.39, 0.29) is 29.5 Å². The van der Waals surface area contributed by atoms with E-state index in [1.165, 1.54) is 23.0 Å². The monoisotopic (exact) mass is 559 g/mol. The van der Waals surface area contributed by atoms with Crippen LogP contribution < -0.4 is 10.3 Å². The van der Waals surface area contributed by atoms with Gasteiger partial charge < -0.3 is 4.74 Å².